The molecule has 114 valence electrons. The summed E-state index contributed by atoms with van der Waals surface area (Å²) in [5, 5.41) is 0. The van der Waals surface area contributed by atoms with Crippen LogP contribution in [-0.2, 0) is 14.4 Å². The smallest absolute Gasteiger partial charge is 0.234 e. The molecule has 4 atom stereocenters. The van der Waals surface area contributed by atoms with Crippen molar-refractivity contribution in [2.45, 2.75) is 44.6 Å². The molecule has 3 aliphatic carbocycles. The highest BCUT2D eigenvalue weighted by atomic mass is 16.2. The second kappa shape index (κ2) is 4.06. The molecule has 1 saturated heterocycles. The van der Waals surface area contributed by atoms with E-state index in [2.05, 4.69) is 0 Å². The average Bonchev–Trinajstić information content (AvgIpc) is 2.71. The molecule has 5 rings (SSSR count). The van der Waals surface area contributed by atoms with Gasteiger partial charge >= 0.3 is 0 Å². The van der Waals surface area contributed by atoms with Crippen LogP contribution < -0.4 is 0 Å². The summed E-state index contributed by atoms with van der Waals surface area (Å²) >= 11 is 0. The van der Waals surface area contributed by atoms with E-state index in [0.29, 0.717) is 6.42 Å². The molecule has 0 N–H and O–H groups in total. The van der Waals surface area contributed by atoms with Crippen molar-refractivity contribution in [3.8, 4) is 0 Å². The summed E-state index contributed by atoms with van der Waals surface area (Å²) in [6.07, 6.45) is 0.389. The fourth-order valence-electron chi connectivity index (χ4n) is 4.62. The summed E-state index contributed by atoms with van der Waals surface area (Å²) in [7, 11) is 0. The summed E-state index contributed by atoms with van der Waals surface area (Å²) in [5.41, 5.74) is 1.51. The van der Waals surface area contributed by atoms with E-state index < -0.39 is 17.4 Å². The lowest BCUT2D eigenvalue weighted by atomic mass is 9.56. The number of likely N-dealkylation sites (tertiary alicyclic amines) is 1. The molecule has 0 radical (unpaired) electrons. The summed E-state index contributed by atoms with van der Waals surface area (Å²) in [6.45, 7) is 5.62. The highest BCUT2D eigenvalue weighted by Crippen LogP contribution is 2.57. The minimum absolute atomic E-state index is 0.0977. The molecule has 1 saturated carbocycles. The number of hydrogen-bond donors (Lipinski definition) is 0. The molecule has 0 aromatic heterocycles. The lowest BCUT2D eigenvalue weighted by molar-refractivity contribution is -0.145. The zero-order valence-corrected chi connectivity index (χ0v) is 13.0. The first kappa shape index (κ1) is 13.7. The number of imide groups is 1. The quantitative estimate of drug-likeness (QED) is 0.690. The Morgan fingerprint density at radius 1 is 0.955 bits per heavy atom. The van der Waals surface area contributed by atoms with E-state index in [0.717, 1.165) is 11.1 Å². The minimum Gasteiger partial charge on any atom is -0.299 e. The van der Waals surface area contributed by atoms with Crippen molar-refractivity contribution in [2.75, 3.05) is 0 Å². The fourth-order valence-corrected chi connectivity index (χ4v) is 4.62. The Bertz CT molecular complexity index is 715. The van der Waals surface area contributed by atoms with E-state index in [1.807, 2.05) is 45.0 Å². The third-order valence-corrected chi connectivity index (χ3v) is 5.36. The van der Waals surface area contributed by atoms with Crippen LogP contribution in [0.4, 0.5) is 0 Å². The summed E-state index contributed by atoms with van der Waals surface area (Å²) in [4.78, 5) is 39.7. The maximum absolute atomic E-state index is 12.9. The van der Waals surface area contributed by atoms with Crippen LogP contribution >= 0.6 is 0 Å². The first-order valence-electron chi connectivity index (χ1n) is 7.82. The predicted molar refractivity (Wildman–Crippen MR) is 80.1 cm³/mol. The van der Waals surface area contributed by atoms with Crippen LogP contribution in [0.5, 0.6) is 0 Å². The zero-order chi connectivity index (χ0) is 15.8. The van der Waals surface area contributed by atoms with Crippen molar-refractivity contribution >= 4 is 17.6 Å². The highest BCUT2D eigenvalue weighted by molar-refractivity contribution is 6.11. The Morgan fingerprint density at radius 2 is 1.55 bits per heavy atom. The molecule has 0 spiro atoms. The van der Waals surface area contributed by atoms with Crippen LogP contribution in [-0.4, -0.2) is 28.0 Å². The lowest BCUT2D eigenvalue weighted by Gasteiger charge is -2.43. The molecule has 1 aliphatic heterocycles. The highest BCUT2D eigenvalue weighted by Gasteiger charge is 2.63. The summed E-state index contributed by atoms with van der Waals surface area (Å²) < 4.78 is 0. The van der Waals surface area contributed by atoms with Gasteiger partial charge in [0.2, 0.25) is 11.8 Å². The number of carbonyl (C=O) groups excluding carboxylic acids is 3. The number of fused-ring (bicyclic) bond motifs is 1. The number of benzene rings is 1. The molecule has 4 heteroatoms. The molecule has 1 heterocycles. The predicted octanol–water partition coefficient (Wildman–Crippen LogP) is 2.24. The number of Topliss-reactive ketones (excluding diaryl/α,β-unsaturated/α-hetero) is 1. The van der Waals surface area contributed by atoms with Crippen molar-refractivity contribution in [3.05, 3.63) is 35.4 Å². The van der Waals surface area contributed by atoms with E-state index in [4.69, 9.17) is 0 Å². The lowest BCUT2D eigenvalue weighted by Crippen LogP contribution is -2.46. The third-order valence-electron chi connectivity index (χ3n) is 5.36. The van der Waals surface area contributed by atoms with Gasteiger partial charge in [-0.1, -0.05) is 24.3 Å². The van der Waals surface area contributed by atoms with Crippen molar-refractivity contribution in [1.29, 1.82) is 0 Å². The molecular weight excluding hydrogens is 278 g/mol. The van der Waals surface area contributed by atoms with Gasteiger partial charge in [0.15, 0.2) is 0 Å². The van der Waals surface area contributed by atoms with Crippen molar-refractivity contribution in [2.24, 2.45) is 11.8 Å². The topological polar surface area (TPSA) is 54.5 Å². The maximum atomic E-state index is 12.9. The van der Waals surface area contributed by atoms with Crippen LogP contribution in [0.15, 0.2) is 24.3 Å². The van der Waals surface area contributed by atoms with Gasteiger partial charge in [-0.2, -0.15) is 0 Å². The average molecular weight is 297 g/mol. The minimum atomic E-state index is -0.541. The molecule has 22 heavy (non-hydrogen) atoms. The van der Waals surface area contributed by atoms with Gasteiger partial charge in [-0.3, -0.25) is 19.3 Å². The number of rotatable bonds is 0. The van der Waals surface area contributed by atoms with Gasteiger partial charge in [0.1, 0.15) is 5.78 Å². The van der Waals surface area contributed by atoms with Gasteiger partial charge < -0.3 is 0 Å². The monoisotopic (exact) mass is 297 g/mol. The number of carbonyl (C=O) groups is 3. The number of nitrogens with zero attached hydrogens (tertiary/aromatic N) is 1. The molecule has 1 aromatic rings. The Morgan fingerprint density at radius 3 is 2.18 bits per heavy atom. The molecule has 0 unspecified atom stereocenters. The van der Waals surface area contributed by atoms with E-state index in [1.165, 1.54) is 4.90 Å². The normalized spacial score (nSPS) is 33.2. The first-order chi connectivity index (χ1) is 10.3. The molecular formula is C18H19NO3. The largest absolute Gasteiger partial charge is 0.299 e. The SMILES string of the molecule is CC(C)(C)N1C(=O)[C@@H]2[C@H](C1=O)[C@H]1CC(=O)[C@@H]2c2ccccc21. The Labute approximate surface area is 129 Å². The Hall–Kier alpha value is -1.97. The number of amides is 2. The van der Waals surface area contributed by atoms with Gasteiger partial charge in [-0.05, 0) is 31.9 Å². The Kier molecular flexibility index (Phi) is 2.52. The van der Waals surface area contributed by atoms with Crippen molar-refractivity contribution < 1.29 is 14.4 Å². The van der Waals surface area contributed by atoms with E-state index in [9.17, 15) is 14.4 Å². The third kappa shape index (κ3) is 1.50. The molecule has 4 aliphatic rings. The summed E-state index contributed by atoms with van der Waals surface area (Å²) in [5.74, 6) is -1.57. The fraction of sp³-hybridized carbons (Fsp3) is 0.500. The standard InChI is InChI=1S/C18H19NO3/c1-18(2,3)19-16(21)14-11-8-12(20)13(15(14)17(19)22)10-7-5-4-6-9(10)11/h4-7,11,13-15H,8H2,1-3H3/t11-,13-,14+,15-/m0/s1. The van der Waals surface area contributed by atoms with E-state index >= 15 is 0 Å². The molecule has 2 fully saturated rings. The summed E-state index contributed by atoms with van der Waals surface area (Å²) in [6, 6.07) is 7.80. The van der Waals surface area contributed by atoms with Crippen LogP contribution in [0.25, 0.3) is 0 Å². The van der Waals surface area contributed by atoms with Crippen molar-refractivity contribution in [1.82, 2.24) is 4.90 Å². The molecule has 4 nitrogen and oxygen atoms in total. The number of hydrogen-bond acceptors (Lipinski definition) is 3. The van der Waals surface area contributed by atoms with Crippen LogP contribution in [0.2, 0.25) is 0 Å². The van der Waals surface area contributed by atoms with Crippen LogP contribution in [0.1, 0.15) is 50.2 Å². The zero-order valence-electron chi connectivity index (χ0n) is 13.0. The second-order valence-electron chi connectivity index (χ2n) is 7.62. The molecule has 2 bridgehead atoms. The van der Waals surface area contributed by atoms with E-state index in [-0.39, 0.29) is 29.4 Å². The van der Waals surface area contributed by atoms with Gasteiger partial charge in [0.25, 0.3) is 0 Å². The van der Waals surface area contributed by atoms with Gasteiger partial charge in [0.05, 0.1) is 17.8 Å². The maximum Gasteiger partial charge on any atom is 0.234 e. The number of ketones is 1. The van der Waals surface area contributed by atoms with Crippen LogP contribution in [0.3, 0.4) is 0 Å². The molecule has 2 amide bonds. The Balaban J connectivity index is 1.90. The van der Waals surface area contributed by atoms with Crippen molar-refractivity contribution in [3.63, 3.8) is 0 Å². The van der Waals surface area contributed by atoms with Gasteiger partial charge in [-0.25, -0.2) is 0 Å². The van der Waals surface area contributed by atoms with Crippen LogP contribution in [0, 0.1) is 11.8 Å². The van der Waals surface area contributed by atoms with Gasteiger partial charge in [0, 0.05) is 17.9 Å². The van der Waals surface area contributed by atoms with Gasteiger partial charge in [-0.15, -0.1) is 0 Å². The van der Waals surface area contributed by atoms with E-state index in [1.54, 1.807) is 0 Å². The second-order valence-corrected chi connectivity index (χ2v) is 7.62. The first-order valence-corrected chi connectivity index (χ1v) is 7.82. The molecule has 1 aromatic carbocycles.